The molecule has 0 aliphatic heterocycles. The van der Waals surface area contributed by atoms with Gasteiger partial charge in [-0.1, -0.05) is 43.6 Å². The summed E-state index contributed by atoms with van der Waals surface area (Å²) in [5, 5.41) is 4.16. The van der Waals surface area contributed by atoms with Gasteiger partial charge in [-0.25, -0.2) is 0 Å². The third kappa shape index (κ3) is 5.07. The molecule has 0 fully saturated rings. The van der Waals surface area contributed by atoms with Gasteiger partial charge in [-0.05, 0) is 19.9 Å². The van der Waals surface area contributed by atoms with Gasteiger partial charge in [0.1, 0.15) is 0 Å². The van der Waals surface area contributed by atoms with Crippen LogP contribution in [0.5, 0.6) is 0 Å². The van der Waals surface area contributed by atoms with E-state index in [1.54, 1.807) is 0 Å². The predicted octanol–water partition coefficient (Wildman–Crippen LogP) is 3.80. The van der Waals surface area contributed by atoms with Gasteiger partial charge in [0, 0.05) is 23.2 Å². The van der Waals surface area contributed by atoms with Crippen molar-refractivity contribution in [3.8, 4) is 0 Å². The van der Waals surface area contributed by atoms with E-state index < -0.39 is 0 Å². The molecule has 1 aromatic rings. The SMILES string of the molecule is CC(C)NCC(OC(C)C)c1ccccc1Cl. The van der Waals surface area contributed by atoms with E-state index in [1.165, 1.54) is 0 Å². The first-order valence-corrected chi connectivity index (χ1v) is 6.51. The Morgan fingerprint density at radius 2 is 1.82 bits per heavy atom. The molecule has 0 aliphatic carbocycles. The van der Waals surface area contributed by atoms with E-state index in [-0.39, 0.29) is 12.2 Å². The number of hydrogen-bond acceptors (Lipinski definition) is 2. The van der Waals surface area contributed by atoms with Crippen LogP contribution in [0, 0.1) is 0 Å². The van der Waals surface area contributed by atoms with Crippen molar-refractivity contribution in [3.05, 3.63) is 34.9 Å². The Labute approximate surface area is 109 Å². The lowest BCUT2D eigenvalue weighted by atomic mass is 10.1. The van der Waals surface area contributed by atoms with Gasteiger partial charge in [0.05, 0.1) is 12.2 Å². The van der Waals surface area contributed by atoms with E-state index in [4.69, 9.17) is 16.3 Å². The van der Waals surface area contributed by atoms with Crippen LogP contribution in [0.15, 0.2) is 24.3 Å². The van der Waals surface area contributed by atoms with E-state index in [0.29, 0.717) is 6.04 Å². The highest BCUT2D eigenvalue weighted by Crippen LogP contribution is 2.26. The number of rotatable bonds is 6. The standard InChI is InChI=1S/C14H22ClNO/c1-10(2)16-9-14(17-11(3)4)12-7-5-6-8-13(12)15/h5-8,10-11,14,16H,9H2,1-4H3. The normalized spacial score (nSPS) is 13.4. The van der Waals surface area contributed by atoms with E-state index in [0.717, 1.165) is 17.1 Å². The molecular formula is C14H22ClNO. The monoisotopic (exact) mass is 255 g/mol. The topological polar surface area (TPSA) is 21.3 Å². The zero-order valence-corrected chi connectivity index (χ0v) is 11.8. The fourth-order valence-electron chi connectivity index (χ4n) is 1.64. The summed E-state index contributed by atoms with van der Waals surface area (Å²) in [4.78, 5) is 0. The molecule has 96 valence electrons. The summed E-state index contributed by atoms with van der Waals surface area (Å²) in [6, 6.07) is 8.30. The quantitative estimate of drug-likeness (QED) is 0.835. The Balaban J connectivity index is 2.78. The van der Waals surface area contributed by atoms with Crippen LogP contribution in [-0.4, -0.2) is 18.7 Å². The average Bonchev–Trinajstić information content (AvgIpc) is 2.24. The van der Waals surface area contributed by atoms with Crippen LogP contribution in [0.2, 0.25) is 5.02 Å². The number of halogens is 1. The van der Waals surface area contributed by atoms with Crippen LogP contribution >= 0.6 is 11.6 Å². The van der Waals surface area contributed by atoms with E-state index in [9.17, 15) is 0 Å². The fraction of sp³-hybridized carbons (Fsp3) is 0.571. The van der Waals surface area contributed by atoms with Crippen LogP contribution in [0.25, 0.3) is 0 Å². The van der Waals surface area contributed by atoms with Gasteiger partial charge < -0.3 is 10.1 Å². The molecule has 0 aromatic heterocycles. The third-order valence-electron chi connectivity index (χ3n) is 2.40. The lowest BCUT2D eigenvalue weighted by molar-refractivity contribution is 0.00624. The lowest BCUT2D eigenvalue weighted by Crippen LogP contribution is -2.30. The molecule has 0 aliphatic rings. The molecule has 0 amide bonds. The number of benzene rings is 1. The van der Waals surface area contributed by atoms with Crippen molar-refractivity contribution in [2.45, 2.75) is 45.9 Å². The zero-order valence-electron chi connectivity index (χ0n) is 11.0. The van der Waals surface area contributed by atoms with Crippen LogP contribution in [-0.2, 0) is 4.74 Å². The largest absolute Gasteiger partial charge is 0.369 e. The second kappa shape index (κ2) is 7.00. The Bertz CT molecular complexity index is 339. The van der Waals surface area contributed by atoms with E-state index >= 15 is 0 Å². The van der Waals surface area contributed by atoms with Gasteiger partial charge in [0.25, 0.3) is 0 Å². The Kier molecular flexibility index (Phi) is 5.96. The Morgan fingerprint density at radius 1 is 1.18 bits per heavy atom. The van der Waals surface area contributed by atoms with Crippen LogP contribution < -0.4 is 5.32 Å². The van der Waals surface area contributed by atoms with Gasteiger partial charge >= 0.3 is 0 Å². The molecule has 1 aromatic carbocycles. The predicted molar refractivity (Wildman–Crippen MR) is 73.6 cm³/mol. The van der Waals surface area contributed by atoms with Crippen molar-refractivity contribution in [1.29, 1.82) is 0 Å². The molecule has 3 heteroatoms. The maximum atomic E-state index is 6.21. The summed E-state index contributed by atoms with van der Waals surface area (Å²) in [6.45, 7) is 9.11. The molecule has 2 nitrogen and oxygen atoms in total. The average molecular weight is 256 g/mol. The van der Waals surface area contributed by atoms with Gasteiger partial charge in [-0.15, -0.1) is 0 Å². The van der Waals surface area contributed by atoms with Gasteiger partial charge in [-0.3, -0.25) is 0 Å². The fourth-order valence-corrected chi connectivity index (χ4v) is 1.90. The molecule has 17 heavy (non-hydrogen) atoms. The molecule has 0 bridgehead atoms. The highest BCUT2D eigenvalue weighted by molar-refractivity contribution is 6.31. The van der Waals surface area contributed by atoms with Gasteiger partial charge in [0.15, 0.2) is 0 Å². The summed E-state index contributed by atoms with van der Waals surface area (Å²) in [7, 11) is 0. The second-order valence-corrected chi connectivity index (χ2v) is 5.17. The minimum atomic E-state index is 0.00565. The summed E-state index contributed by atoms with van der Waals surface area (Å²) in [5.41, 5.74) is 1.05. The van der Waals surface area contributed by atoms with Crippen LogP contribution in [0.3, 0.4) is 0 Å². The molecule has 1 N–H and O–H groups in total. The molecule has 0 spiro atoms. The highest BCUT2D eigenvalue weighted by atomic mass is 35.5. The zero-order chi connectivity index (χ0) is 12.8. The number of nitrogens with one attached hydrogen (secondary N) is 1. The molecule has 0 radical (unpaired) electrons. The lowest BCUT2D eigenvalue weighted by Gasteiger charge is -2.23. The van der Waals surface area contributed by atoms with E-state index in [1.807, 2.05) is 38.1 Å². The van der Waals surface area contributed by atoms with Crippen molar-refractivity contribution < 1.29 is 4.74 Å². The first-order chi connectivity index (χ1) is 8.00. The van der Waals surface area contributed by atoms with Gasteiger partial charge in [0.2, 0.25) is 0 Å². The second-order valence-electron chi connectivity index (χ2n) is 4.76. The van der Waals surface area contributed by atoms with Crippen molar-refractivity contribution in [2.75, 3.05) is 6.54 Å². The highest BCUT2D eigenvalue weighted by Gasteiger charge is 2.16. The summed E-state index contributed by atoms with van der Waals surface area (Å²) in [5.74, 6) is 0. The number of hydrogen-bond donors (Lipinski definition) is 1. The molecule has 0 saturated heterocycles. The minimum Gasteiger partial charge on any atom is -0.369 e. The molecule has 0 heterocycles. The first kappa shape index (κ1) is 14.5. The summed E-state index contributed by atoms with van der Waals surface area (Å²) in [6.07, 6.45) is 0.191. The first-order valence-electron chi connectivity index (χ1n) is 6.14. The molecular weight excluding hydrogens is 234 g/mol. The number of ether oxygens (including phenoxy) is 1. The smallest absolute Gasteiger partial charge is 0.0967 e. The van der Waals surface area contributed by atoms with Crippen LogP contribution in [0.1, 0.15) is 39.4 Å². The molecule has 1 atom stereocenters. The maximum Gasteiger partial charge on any atom is 0.0967 e. The van der Waals surface area contributed by atoms with Gasteiger partial charge in [-0.2, -0.15) is 0 Å². The van der Waals surface area contributed by atoms with Crippen molar-refractivity contribution in [2.24, 2.45) is 0 Å². The third-order valence-corrected chi connectivity index (χ3v) is 2.74. The maximum absolute atomic E-state index is 6.21. The van der Waals surface area contributed by atoms with Crippen molar-refractivity contribution in [1.82, 2.24) is 5.32 Å². The van der Waals surface area contributed by atoms with Crippen molar-refractivity contribution in [3.63, 3.8) is 0 Å². The molecule has 1 unspecified atom stereocenters. The van der Waals surface area contributed by atoms with Crippen LogP contribution in [0.4, 0.5) is 0 Å². The van der Waals surface area contributed by atoms with E-state index in [2.05, 4.69) is 19.2 Å². The van der Waals surface area contributed by atoms with Crippen molar-refractivity contribution >= 4 is 11.6 Å². The molecule has 1 rings (SSSR count). The Hall–Kier alpha value is -0.570. The summed E-state index contributed by atoms with van der Waals surface area (Å²) >= 11 is 6.21. The molecule has 0 saturated carbocycles. The Morgan fingerprint density at radius 3 is 2.35 bits per heavy atom. The minimum absolute atomic E-state index is 0.00565. The summed E-state index contributed by atoms with van der Waals surface area (Å²) < 4.78 is 5.92.